The molecule has 1 aromatic heterocycles. The maximum atomic E-state index is 12.6. The van der Waals surface area contributed by atoms with Crippen LogP contribution < -0.4 is 5.32 Å². The minimum atomic E-state index is -3.43. The van der Waals surface area contributed by atoms with Crippen LogP contribution in [0.4, 0.5) is 0 Å². The summed E-state index contributed by atoms with van der Waals surface area (Å²) in [6, 6.07) is 1.92. The molecule has 2 saturated heterocycles. The zero-order valence-corrected chi connectivity index (χ0v) is 11.7. The Morgan fingerprint density at radius 2 is 2.16 bits per heavy atom. The van der Waals surface area contributed by atoms with Crippen molar-refractivity contribution >= 4 is 10.0 Å². The van der Waals surface area contributed by atoms with E-state index in [1.807, 2.05) is 0 Å². The maximum Gasteiger partial charge on any atom is 0.260 e. The Bertz CT molecular complexity index is 508. The molecule has 2 unspecified atom stereocenters. The van der Waals surface area contributed by atoms with E-state index in [1.165, 1.54) is 12.3 Å². The highest BCUT2D eigenvalue weighted by atomic mass is 32.2. The Balaban J connectivity index is 1.87. The Labute approximate surface area is 113 Å². The second kappa shape index (κ2) is 5.22. The van der Waals surface area contributed by atoms with E-state index >= 15 is 0 Å². The third-order valence-electron chi connectivity index (χ3n) is 4.12. The predicted octanol–water partition coefficient (Wildman–Crippen LogP) is 0.705. The summed E-state index contributed by atoms with van der Waals surface area (Å²) in [5.74, 6) is 0. The van der Waals surface area contributed by atoms with Crippen LogP contribution >= 0.6 is 0 Å². The van der Waals surface area contributed by atoms with Crippen LogP contribution in [0.5, 0.6) is 0 Å². The fourth-order valence-electron chi connectivity index (χ4n) is 3.18. The van der Waals surface area contributed by atoms with Gasteiger partial charge in [-0.3, -0.25) is 5.10 Å². The van der Waals surface area contributed by atoms with Crippen LogP contribution in [0.15, 0.2) is 17.3 Å². The van der Waals surface area contributed by atoms with E-state index in [4.69, 9.17) is 0 Å². The Morgan fingerprint density at radius 3 is 2.84 bits per heavy atom. The van der Waals surface area contributed by atoms with Gasteiger partial charge in [0, 0.05) is 18.6 Å². The molecule has 3 heterocycles. The molecule has 0 amide bonds. The van der Waals surface area contributed by atoms with Gasteiger partial charge in [0.2, 0.25) is 0 Å². The molecule has 2 fully saturated rings. The van der Waals surface area contributed by atoms with Crippen LogP contribution in [0.2, 0.25) is 0 Å². The number of hydrogen-bond acceptors (Lipinski definition) is 4. The summed E-state index contributed by atoms with van der Waals surface area (Å²) in [5, 5.41) is 9.99. The lowest BCUT2D eigenvalue weighted by Gasteiger charge is -2.37. The molecule has 0 aliphatic carbocycles. The van der Waals surface area contributed by atoms with Crippen LogP contribution in [0.25, 0.3) is 0 Å². The summed E-state index contributed by atoms with van der Waals surface area (Å²) in [5.41, 5.74) is 0. The van der Waals surface area contributed by atoms with Gasteiger partial charge in [0.25, 0.3) is 10.0 Å². The quantitative estimate of drug-likeness (QED) is 0.856. The van der Waals surface area contributed by atoms with Crippen molar-refractivity contribution in [2.75, 3.05) is 13.1 Å². The zero-order chi connectivity index (χ0) is 13.3. The van der Waals surface area contributed by atoms with Gasteiger partial charge in [-0.1, -0.05) is 6.42 Å². The van der Waals surface area contributed by atoms with Gasteiger partial charge in [-0.15, -0.1) is 0 Å². The third-order valence-corrected chi connectivity index (χ3v) is 5.98. The first-order valence-corrected chi connectivity index (χ1v) is 8.38. The molecule has 19 heavy (non-hydrogen) atoms. The largest absolute Gasteiger partial charge is 0.312 e. The Morgan fingerprint density at radius 1 is 1.26 bits per heavy atom. The zero-order valence-electron chi connectivity index (χ0n) is 10.9. The highest BCUT2D eigenvalue weighted by Crippen LogP contribution is 2.28. The molecule has 2 atom stereocenters. The number of piperidine rings is 1. The van der Waals surface area contributed by atoms with Gasteiger partial charge >= 0.3 is 0 Å². The molecule has 0 saturated carbocycles. The number of hydrogen-bond donors (Lipinski definition) is 2. The lowest BCUT2D eigenvalue weighted by Crippen LogP contribution is -2.52. The minimum Gasteiger partial charge on any atom is -0.312 e. The van der Waals surface area contributed by atoms with Gasteiger partial charge in [0.1, 0.15) is 0 Å². The number of rotatable bonds is 3. The predicted molar refractivity (Wildman–Crippen MR) is 71.1 cm³/mol. The molecule has 6 nitrogen and oxygen atoms in total. The number of nitrogens with zero attached hydrogens (tertiary/aromatic N) is 2. The van der Waals surface area contributed by atoms with E-state index in [1.54, 1.807) is 4.31 Å². The molecule has 106 valence electrons. The van der Waals surface area contributed by atoms with Crippen LogP contribution in [0.1, 0.15) is 32.1 Å². The van der Waals surface area contributed by atoms with E-state index in [-0.39, 0.29) is 11.1 Å². The first-order valence-electron chi connectivity index (χ1n) is 6.94. The molecule has 7 heteroatoms. The molecular weight excluding hydrogens is 264 g/mol. The molecule has 2 aliphatic rings. The van der Waals surface area contributed by atoms with Crippen LogP contribution in [-0.4, -0.2) is 48.1 Å². The SMILES string of the molecule is O=S(=O)(c1ccn[nH]1)N1CCCCC1C1CCCN1. The monoisotopic (exact) mass is 284 g/mol. The van der Waals surface area contributed by atoms with Crippen molar-refractivity contribution in [3.05, 3.63) is 12.3 Å². The number of aromatic nitrogens is 2. The van der Waals surface area contributed by atoms with Crippen molar-refractivity contribution in [3.8, 4) is 0 Å². The first-order chi connectivity index (χ1) is 9.19. The third kappa shape index (κ3) is 2.42. The van der Waals surface area contributed by atoms with Crippen molar-refractivity contribution in [1.29, 1.82) is 0 Å². The molecule has 0 aromatic carbocycles. The number of H-pyrrole nitrogens is 1. The standard InChI is InChI=1S/C12H20N4O2S/c17-19(18,12-6-8-14-15-12)16-9-2-1-5-11(16)10-4-3-7-13-10/h6,8,10-11,13H,1-5,7,9H2,(H,14,15). The van der Waals surface area contributed by atoms with Crippen molar-refractivity contribution in [2.45, 2.75) is 49.2 Å². The Hall–Kier alpha value is -0.920. The first kappa shape index (κ1) is 13.1. The minimum absolute atomic E-state index is 0.0875. The highest BCUT2D eigenvalue weighted by Gasteiger charge is 2.39. The van der Waals surface area contributed by atoms with Gasteiger partial charge in [-0.05, 0) is 38.3 Å². The summed E-state index contributed by atoms with van der Waals surface area (Å²) < 4.78 is 27.0. The van der Waals surface area contributed by atoms with Crippen LogP contribution in [0, 0.1) is 0 Å². The average molecular weight is 284 g/mol. The number of sulfonamides is 1. The molecule has 0 spiro atoms. The van der Waals surface area contributed by atoms with Gasteiger partial charge in [0.05, 0.1) is 6.20 Å². The summed E-state index contributed by atoms with van der Waals surface area (Å²) in [6.45, 7) is 1.61. The number of aromatic amines is 1. The van der Waals surface area contributed by atoms with Crippen molar-refractivity contribution < 1.29 is 8.42 Å². The van der Waals surface area contributed by atoms with Gasteiger partial charge in [-0.2, -0.15) is 9.40 Å². The topological polar surface area (TPSA) is 78.1 Å². The van der Waals surface area contributed by atoms with Crippen LogP contribution in [0.3, 0.4) is 0 Å². The lowest BCUT2D eigenvalue weighted by molar-refractivity contribution is 0.210. The summed E-state index contributed by atoms with van der Waals surface area (Å²) in [6.07, 6.45) is 6.69. The van der Waals surface area contributed by atoms with E-state index < -0.39 is 10.0 Å². The normalized spacial score (nSPS) is 29.7. The molecule has 3 rings (SSSR count). The fraction of sp³-hybridized carbons (Fsp3) is 0.750. The van der Waals surface area contributed by atoms with Gasteiger partial charge in [-0.25, -0.2) is 8.42 Å². The van der Waals surface area contributed by atoms with E-state index in [9.17, 15) is 8.42 Å². The highest BCUT2D eigenvalue weighted by molar-refractivity contribution is 7.89. The van der Waals surface area contributed by atoms with Gasteiger partial charge in [0.15, 0.2) is 5.03 Å². The molecule has 2 aliphatic heterocycles. The lowest BCUT2D eigenvalue weighted by atomic mass is 9.97. The molecule has 2 N–H and O–H groups in total. The van der Waals surface area contributed by atoms with Crippen molar-refractivity contribution in [3.63, 3.8) is 0 Å². The fourth-order valence-corrected chi connectivity index (χ4v) is 4.82. The Kier molecular flexibility index (Phi) is 3.60. The van der Waals surface area contributed by atoms with E-state index in [0.717, 1.165) is 38.6 Å². The second-order valence-corrected chi connectivity index (χ2v) is 7.16. The van der Waals surface area contributed by atoms with Crippen molar-refractivity contribution in [1.82, 2.24) is 19.8 Å². The van der Waals surface area contributed by atoms with Crippen LogP contribution in [-0.2, 0) is 10.0 Å². The van der Waals surface area contributed by atoms with E-state index in [2.05, 4.69) is 15.5 Å². The maximum absolute atomic E-state index is 12.6. The second-order valence-electron chi connectivity index (χ2n) is 5.30. The summed E-state index contributed by atoms with van der Waals surface area (Å²) in [4.78, 5) is 0. The summed E-state index contributed by atoms with van der Waals surface area (Å²) in [7, 11) is -3.43. The number of nitrogens with one attached hydrogen (secondary N) is 2. The molecular formula is C12H20N4O2S. The summed E-state index contributed by atoms with van der Waals surface area (Å²) >= 11 is 0. The smallest absolute Gasteiger partial charge is 0.260 e. The molecule has 0 radical (unpaired) electrons. The molecule has 0 bridgehead atoms. The van der Waals surface area contributed by atoms with E-state index in [0.29, 0.717) is 12.6 Å². The van der Waals surface area contributed by atoms with Gasteiger partial charge < -0.3 is 5.32 Å². The molecule has 1 aromatic rings. The average Bonchev–Trinajstić information content (AvgIpc) is 3.12. The van der Waals surface area contributed by atoms with Crippen molar-refractivity contribution in [2.24, 2.45) is 0 Å².